The van der Waals surface area contributed by atoms with Gasteiger partial charge in [0.05, 0.1) is 0 Å². The smallest absolute Gasteiger partial charge is 0.0259 e. The maximum Gasteiger partial charge on any atom is -0.0259 e. The summed E-state index contributed by atoms with van der Waals surface area (Å²) in [7, 11) is 0. The molecule has 0 bridgehead atoms. The van der Waals surface area contributed by atoms with Crippen molar-refractivity contribution in [3.8, 4) is 0 Å². The maximum absolute atomic E-state index is 3.72. The van der Waals surface area contributed by atoms with Gasteiger partial charge in [-0.25, -0.2) is 0 Å². The van der Waals surface area contributed by atoms with Crippen molar-refractivity contribution in [3.05, 3.63) is 24.8 Å². The molecule has 0 spiro atoms. The Balaban J connectivity index is 3.58. The van der Waals surface area contributed by atoms with Crippen LogP contribution in [-0.4, -0.2) is 0 Å². The van der Waals surface area contributed by atoms with Crippen molar-refractivity contribution >= 4 is 0 Å². The van der Waals surface area contributed by atoms with Crippen LogP contribution < -0.4 is 0 Å². The molecule has 0 rings (SSSR count). The third-order valence-electron chi connectivity index (χ3n) is 2.24. The molecular formula is C12H22. The van der Waals surface area contributed by atoms with Crippen LogP contribution in [0, 0.1) is 11.8 Å². The molecule has 0 radical (unpaired) electrons. The van der Waals surface area contributed by atoms with E-state index in [1.54, 1.807) is 0 Å². The largest absolute Gasteiger partial charge is 0.103 e. The minimum atomic E-state index is 0.706. The van der Waals surface area contributed by atoms with Gasteiger partial charge in [-0.3, -0.25) is 0 Å². The molecule has 0 aromatic rings. The predicted molar refractivity (Wildman–Crippen MR) is 57.2 cm³/mol. The Morgan fingerprint density at radius 1 is 1.17 bits per heavy atom. The van der Waals surface area contributed by atoms with Gasteiger partial charge in [0, 0.05) is 0 Å². The van der Waals surface area contributed by atoms with Crippen molar-refractivity contribution in [1.29, 1.82) is 0 Å². The van der Waals surface area contributed by atoms with Gasteiger partial charge in [0.25, 0.3) is 0 Å². The van der Waals surface area contributed by atoms with Gasteiger partial charge in [-0.2, -0.15) is 0 Å². The molecule has 0 saturated heterocycles. The molecule has 70 valence electrons. The standard InChI is InChI=1S/C12H22/c1-5-7-8-12(4)10-9-11(3)6-2/h5,9-12H,1,6-8H2,2-4H3. The summed E-state index contributed by atoms with van der Waals surface area (Å²) >= 11 is 0. The second kappa shape index (κ2) is 7.15. The van der Waals surface area contributed by atoms with Crippen LogP contribution >= 0.6 is 0 Å². The van der Waals surface area contributed by atoms with E-state index < -0.39 is 0 Å². The van der Waals surface area contributed by atoms with Gasteiger partial charge in [-0.05, 0) is 24.7 Å². The average molecular weight is 166 g/mol. The van der Waals surface area contributed by atoms with E-state index in [4.69, 9.17) is 0 Å². The molecule has 0 N–H and O–H groups in total. The number of allylic oxidation sites excluding steroid dienone is 3. The fraction of sp³-hybridized carbons (Fsp3) is 0.667. The highest BCUT2D eigenvalue weighted by molar-refractivity contribution is 4.90. The first kappa shape index (κ1) is 11.5. The predicted octanol–water partition coefficient (Wildman–Crippen LogP) is 4.19. The van der Waals surface area contributed by atoms with Gasteiger partial charge in [-0.1, -0.05) is 45.4 Å². The molecular weight excluding hydrogens is 144 g/mol. The van der Waals surface area contributed by atoms with E-state index >= 15 is 0 Å². The molecule has 0 aromatic carbocycles. The Labute approximate surface area is 77.4 Å². The summed E-state index contributed by atoms with van der Waals surface area (Å²) in [5.74, 6) is 1.44. The van der Waals surface area contributed by atoms with Gasteiger partial charge in [0.15, 0.2) is 0 Å². The van der Waals surface area contributed by atoms with Crippen LogP contribution in [-0.2, 0) is 0 Å². The molecule has 0 saturated carbocycles. The first-order chi connectivity index (χ1) is 5.70. The van der Waals surface area contributed by atoms with E-state index in [0.29, 0.717) is 5.92 Å². The topological polar surface area (TPSA) is 0 Å². The van der Waals surface area contributed by atoms with Crippen molar-refractivity contribution in [2.45, 2.75) is 40.0 Å². The van der Waals surface area contributed by atoms with Gasteiger partial charge < -0.3 is 0 Å². The normalized spacial score (nSPS) is 16.2. The van der Waals surface area contributed by atoms with Crippen molar-refractivity contribution in [1.82, 2.24) is 0 Å². The van der Waals surface area contributed by atoms with Crippen LogP contribution in [0.15, 0.2) is 24.8 Å². The van der Waals surface area contributed by atoms with Crippen LogP contribution in [0.2, 0.25) is 0 Å². The molecule has 2 unspecified atom stereocenters. The summed E-state index contributed by atoms with van der Waals surface area (Å²) in [5, 5.41) is 0. The van der Waals surface area contributed by atoms with E-state index in [1.165, 1.54) is 12.8 Å². The molecule has 12 heavy (non-hydrogen) atoms. The highest BCUT2D eigenvalue weighted by atomic mass is 14.0. The van der Waals surface area contributed by atoms with Crippen LogP contribution in [0.1, 0.15) is 40.0 Å². The molecule has 0 heterocycles. The van der Waals surface area contributed by atoms with Gasteiger partial charge in [0.2, 0.25) is 0 Å². The minimum Gasteiger partial charge on any atom is -0.103 e. The molecule has 0 fully saturated rings. The molecule has 0 nitrogen and oxygen atoms in total. The van der Waals surface area contributed by atoms with E-state index in [0.717, 1.165) is 12.3 Å². The fourth-order valence-electron chi connectivity index (χ4n) is 0.992. The van der Waals surface area contributed by atoms with Crippen LogP contribution in [0.4, 0.5) is 0 Å². The van der Waals surface area contributed by atoms with Gasteiger partial charge in [-0.15, -0.1) is 6.58 Å². The lowest BCUT2D eigenvalue weighted by Gasteiger charge is -2.05. The van der Waals surface area contributed by atoms with Crippen LogP contribution in [0.25, 0.3) is 0 Å². The summed E-state index contributed by atoms with van der Waals surface area (Å²) in [5.41, 5.74) is 0. The quantitative estimate of drug-likeness (QED) is 0.519. The first-order valence-corrected chi connectivity index (χ1v) is 4.99. The third-order valence-corrected chi connectivity index (χ3v) is 2.24. The Morgan fingerprint density at radius 2 is 1.75 bits per heavy atom. The highest BCUT2D eigenvalue weighted by Crippen LogP contribution is 2.10. The average Bonchev–Trinajstić information content (AvgIpc) is 2.10. The number of rotatable bonds is 6. The lowest BCUT2D eigenvalue weighted by atomic mass is 10.0. The Bertz CT molecular complexity index is 133. The third kappa shape index (κ3) is 6.21. The second-order valence-electron chi connectivity index (χ2n) is 3.61. The van der Waals surface area contributed by atoms with Crippen molar-refractivity contribution < 1.29 is 0 Å². The number of hydrogen-bond acceptors (Lipinski definition) is 0. The van der Waals surface area contributed by atoms with Gasteiger partial charge in [0.1, 0.15) is 0 Å². The minimum absolute atomic E-state index is 0.706. The molecule has 2 atom stereocenters. The van der Waals surface area contributed by atoms with Crippen molar-refractivity contribution in [2.24, 2.45) is 11.8 Å². The van der Waals surface area contributed by atoms with E-state index in [2.05, 4.69) is 39.5 Å². The summed E-state index contributed by atoms with van der Waals surface area (Å²) < 4.78 is 0. The maximum atomic E-state index is 3.72. The fourth-order valence-corrected chi connectivity index (χ4v) is 0.992. The zero-order valence-corrected chi connectivity index (χ0v) is 8.72. The lowest BCUT2D eigenvalue weighted by Crippen LogP contribution is -1.91. The van der Waals surface area contributed by atoms with Crippen molar-refractivity contribution in [2.75, 3.05) is 0 Å². The summed E-state index contributed by atoms with van der Waals surface area (Å²) in [6.45, 7) is 10.5. The Morgan fingerprint density at radius 3 is 2.25 bits per heavy atom. The van der Waals surface area contributed by atoms with E-state index in [9.17, 15) is 0 Å². The monoisotopic (exact) mass is 166 g/mol. The van der Waals surface area contributed by atoms with E-state index in [-0.39, 0.29) is 0 Å². The molecule has 0 aliphatic carbocycles. The SMILES string of the molecule is C=CCCC(C)C=CC(C)CC. The summed E-state index contributed by atoms with van der Waals surface area (Å²) in [6, 6.07) is 0. The van der Waals surface area contributed by atoms with Gasteiger partial charge >= 0.3 is 0 Å². The molecule has 0 heteroatoms. The molecule has 0 amide bonds. The lowest BCUT2D eigenvalue weighted by molar-refractivity contribution is 0.637. The molecule has 0 aliphatic rings. The summed E-state index contributed by atoms with van der Waals surface area (Å²) in [4.78, 5) is 0. The highest BCUT2D eigenvalue weighted by Gasteiger charge is 1.96. The Hall–Kier alpha value is -0.520. The molecule has 0 aliphatic heterocycles. The summed E-state index contributed by atoms with van der Waals surface area (Å²) in [6.07, 6.45) is 10.3. The second-order valence-corrected chi connectivity index (χ2v) is 3.61. The Kier molecular flexibility index (Phi) is 6.84. The zero-order valence-electron chi connectivity index (χ0n) is 8.72. The van der Waals surface area contributed by atoms with E-state index in [1.807, 2.05) is 6.08 Å². The van der Waals surface area contributed by atoms with Crippen LogP contribution in [0.3, 0.4) is 0 Å². The van der Waals surface area contributed by atoms with Crippen LogP contribution in [0.5, 0.6) is 0 Å². The van der Waals surface area contributed by atoms with Crippen molar-refractivity contribution in [3.63, 3.8) is 0 Å². The number of hydrogen-bond donors (Lipinski definition) is 0. The first-order valence-electron chi connectivity index (χ1n) is 4.99. The molecule has 0 aromatic heterocycles. The zero-order chi connectivity index (χ0) is 9.40.